The van der Waals surface area contributed by atoms with Crippen molar-refractivity contribution in [2.24, 2.45) is 0 Å². The molecule has 59 heavy (non-hydrogen) atoms. The average molecular weight is 822 g/mol. The predicted molar refractivity (Wildman–Crippen MR) is 227 cm³/mol. The van der Waals surface area contributed by atoms with E-state index < -0.39 is 0 Å². The average Bonchev–Trinajstić information content (AvgIpc) is 3.93. The van der Waals surface area contributed by atoms with Gasteiger partial charge in [0, 0.05) is 70.0 Å². The molecule has 4 aliphatic rings. The number of aromatic nitrogens is 8. The number of H-pyrrole nitrogens is 2. The summed E-state index contributed by atoms with van der Waals surface area (Å²) in [6.07, 6.45) is 0. The highest BCUT2D eigenvalue weighted by Gasteiger charge is 2.28. The van der Waals surface area contributed by atoms with Crippen molar-refractivity contribution in [2.75, 3.05) is 118 Å². The molecule has 4 fully saturated rings. The monoisotopic (exact) mass is 821 g/mol. The summed E-state index contributed by atoms with van der Waals surface area (Å²) in [5, 5.41) is 4.23. The van der Waals surface area contributed by atoms with Gasteiger partial charge in [-0.15, -0.1) is 0 Å². The molecule has 0 saturated carbocycles. The van der Waals surface area contributed by atoms with Crippen molar-refractivity contribution in [3.05, 3.63) is 58.6 Å². The van der Waals surface area contributed by atoms with E-state index >= 15 is 0 Å². The first-order valence-electron chi connectivity index (χ1n) is 20.5. The Kier molecular flexibility index (Phi) is 10.9. The normalized spacial score (nSPS) is 19.3. The highest BCUT2D eigenvalue weighted by atomic mass is 35.5. The first-order valence-corrected chi connectivity index (χ1v) is 20.9. The molecule has 4 saturated heterocycles. The Labute approximate surface area is 346 Å². The van der Waals surface area contributed by atoms with Crippen molar-refractivity contribution < 1.29 is 18.9 Å². The van der Waals surface area contributed by atoms with Gasteiger partial charge in [0.2, 0.25) is 11.9 Å². The molecule has 0 aliphatic carbocycles. The molecule has 6 aromatic rings. The van der Waals surface area contributed by atoms with Gasteiger partial charge in [-0.2, -0.15) is 19.9 Å². The summed E-state index contributed by atoms with van der Waals surface area (Å²) in [5.41, 5.74) is 6.87. The van der Waals surface area contributed by atoms with Crippen LogP contribution in [0.25, 0.3) is 45.1 Å². The number of imidazole rings is 2. The molecule has 17 nitrogen and oxygen atoms in total. The number of aromatic amines is 2. The minimum absolute atomic E-state index is 0.147. The number of rotatable bonds is 10. The highest BCUT2D eigenvalue weighted by Crippen LogP contribution is 2.34. The summed E-state index contributed by atoms with van der Waals surface area (Å²) in [5.74, 6) is 4.41. The second-order valence-corrected chi connectivity index (χ2v) is 15.7. The summed E-state index contributed by atoms with van der Waals surface area (Å²) in [6, 6.07) is 14.6. The maximum Gasteiger partial charge on any atom is 0.229 e. The summed E-state index contributed by atoms with van der Waals surface area (Å²) in [6.45, 7) is 13.8. The number of halogens is 1. The molecular formula is C41H48ClN13O4. The van der Waals surface area contributed by atoms with Crippen LogP contribution in [0.3, 0.4) is 0 Å². The molecule has 8 heterocycles. The Bertz CT molecular complexity index is 2430. The Hall–Kier alpha value is -5.17. The quantitative estimate of drug-likeness (QED) is 0.181. The van der Waals surface area contributed by atoms with Crippen LogP contribution in [0.1, 0.15) is 18.1 Å². The lowest BCUT2D eigenvalue weighted by Crippen LogP contribution is -2.44. The summed E-state index contributed by atoms with van der Waals surface area (Å²) < 4.78 is 22.6. The third-order valence-electron chi connectivity index (χ3n) is 11.3. The van der Waals surface area contributed by atoms with E-state index in [1.807, 2.05) is 12.1 Å². The lowest BCUT2D eigenvalue weighted by Gasteiger charge is -2.35. The van der Waals surface area contributed by atoms with Crippen LogP contribution in [-0.2, 0) is 32.0 Å². The number of nitrogens with zero attached hydrogens (tertiary/aromatic N) is 10. The largest absolute Gasteiger partial charge is 0.378 e. The van der Waals surface area contributed by atoms with Gasteiger partial charge in [-0.1, -0.05) is 35.9 Å². The standard InChI is InChI=1S/C41H48ClN13O4/c1-26-25-59-20-13-55(26)39-33-37(49-41(51-39)54-11-18-58-19-12-54)47-35(45-33)30-22-28(5-6-31(30)42)24-43-23-27-3-2-4-29(21-27)34-44-32-36(46-34)48-40(53-9-16-57-17-10-53)50-38(32)52-7-14-56-15-8-52/h2-6,21-22,26,43H,7-20,23-25H2,1H3,(H,44,46,48,50)(H,45,47,49,51). The van der Waals surface area contributed by atoms with E-state index in [2.05, 4.69) is 72.1 Å². The molecule has 4 aromatic heterocycles. The molecule has 10 rings (SSSR count). The third kappa shape index (κ3) is 7.97. The second-order valence-electron chi connectivity index (χ2n) is 15.3. The molecule has 0 amide bonds. The van der Waals surface area contributed by atoms with E-state index in [0.29, 0.717) is 94.3 Å². The van der Waals surface area contributed by atoms with Crippen LogP contribution < -0.4 is 24.9 Å². The Morgan fingerprint density at radius 1 is 0.627 bits per heavy atom. The fourth-order valence-corrected chi connectivity index (χ4v) is 8.31. The van der Waals surface area contributed by atoms with Gasteiger partial charge >= 0.3 is 0 Å². The summed E-state index contributed by atoms with van der Waals surface area (Å²) >= 11 is 6.86. The van der Waals surface area contributed by atoms with Crippen molar-refractivity contribution in [1.82, 2.24) is 45.2 Å². The van der Waals surface area contributed by atoms with E-state index in [1.165, 1.54) is 0 Å². The summed E-state index contributed by atoms with van der Waals surface area (Å²) in [7, 11) is 0. The number of morpholine rings is 4. The second kappa shape index (κ2) is 16.8. The number of benzene rings is 2. The van der Waals surface area contributed by atoms with Crippen LogP contribution >= 0.6 is 11.6 Å². The Morgan fingerprint density at radius 2 is 1.20 bits per heavy atom. The first-order chi connectivity index (χ1) is 29.0. The van der Waals surface area contributed by atoms with Crippen molar-refractivity contribution in [1.29, 1.82) is 0 Å². The SMILES string of the molecule is CC1COCCN1c1nc(N2CCOCC2)nc2[nH]c(-c3cc(CNCc4cccc(-c5nc6c(N7CCOCC7)nc(N7CCOCC7)nc6[nH]5)c4)ccc3Cl)nc12. The number of ether oxygens (including phenoxy) is 4. The lowest BCUT2D eigenvalue weighted by molar-refractivity contribution is 0.0986. The maximum absolute atomic E-state index is 6.86. The van der Waals surface area contributed by atoms with Crippen molar-refractivity contribution >= 4 is 57.5 Å². The van der Waals surface area contributed by atoms with E-state index in [9.17, 15) is 0 Å². The Morgan fingerprint density at radius 3 is 1.88 bits per heavy atom. The molecule has 308 valence electrons. The third-order valence-corrected chi connectivity index (χ3v) is 11.6. The molecule has 1 atom stereocenters. The van der Waals surface area contributed by atoms with Gasteiger partial charge in [0.15, 0.2) is 34.0 Å². The minimum atomic E-state index is 0.147. The lowest BCUT2D eigenvalue weighted by atomic mass is 10.1. The van der Waals surface area contributed by atoms with E-state index in [-0.39, 0.29) is 6.04 Å². The van der Waals surface area contributed by atoms with Gasteiger partial charge in [0.05, 0.1) is 63.9 Å². The van der Waals surface area contributed by atoms with Crippen molar-refractivity contribution in [3.63, 3.8) is 0 Å². The van der Waals surface area contributed by atoms with Crippen molar-refractivity contribution in [3.8, 4) is 22.8 Å². The molecule has 1 unspecified atom stereocenters. The zero-order valence-electron chi connectivity index (χ0n) is 33.1. The Balaban J connectivity index is 0.879. The van der Waals surface area contributed by atoms with Gasteiger partial charge in [-0.05, 0) is 36.2 Å². The van der Waals surface area contributed by atoms with Gasteiger partial charge in [0.25, 0.3) is 0 Å². The number of hydrogen-bond donors (Lipinski definition) is 3. The summed E-state index contributed by atoms with van der Waals surface area (Å²) in [4.78, 5) is 46.0. The number of hydrogen-bond acceptors (Lipinski definition) is 15. The van der Waals surface area contributed by atoms with Gasteiger partial charge in [0.1, 0.15) is 11.6 Å². The van der Waals surface area contributed by atoms with E-state index in [4.69, 9.17) is 60.5 Å². The molecule has 0 radical (unpaired) electrons. The van der Waals surface area contributed by atoms with Crippen LogP contribution in [0.4, 0.5) is 23.5 Å². The van der Waals surface area contributed by atoms with Crippen molar-refractivity contribution in [2.45, 2.75) is 26.1 Å². The van der Waals surface area contributed by atoms with Gasteiger partial charge < -0.3 is 53.8 Å². The maximum atomic E-state index is 6.86. The van der Waals surface area contributed by atoms with Crippen LogP contribution in [0.15, 0.2) is 42.5 Å². The topological polar surface area (TPSA) is 171 Å². The molecular weight excluding hydrogens is 774 g/mol. The molecule has 0 bridgehead atoms. The molecule has 18 heteroatoms. The fraction of sp³-hybridized carbons (Fsp3) is 0.463. The zero-order valence-corrected chi connectivity index (χ0v) is 33.9. The smallest absolute Gasteiger partial charge is 0.229 e. The molecule has 2 aromatic carbocycles. The number of anilines is 4. The first kappa shape index (κ1) is 38.1. The van der Waals surface area contributed by atoms with Gasteiger partial charge in [-0.25, -0.2) is 9.97 Å². The highest BCUT2D eigenvalue weighted by molar-refractivity contribution is 6.33. The zero-order chi connectivity index (χ0) is 39.7. The van der Waals surface area contributed by atoms with Crippen LogP contribution in [0.5, 0.6) is 0 Å². The van der Waals surface area contributed by atoms with Crippen LogP contribution in [-0.4, -0.2) is 145 Å². The number of fused-ring (bicyclic) bond motifs is 2. The van der Waals surface area contributed by atoms with E-state index in [1.54, 1.807) is 0 Å². The minimum Gasteiger partial charge on any atom is -0.378 e. The molecule has 4 aliphatic heterocycles. The van der Waals surface area contributed by atoms with Crippen LogP contribution in [0, 0.1) is 0 Å². The molecule has 0 spiro atoms. The predicted octanol–water partition coefficient (Wildman–Crippen LogP) is 4.03. The molecule has 3 N–H and O–H groups in total. The van der Waals surface area contributed by atoms with Gasteiger partial charge in [-0.3, -0.25) is 0 Å². The number of nitrogens with one attached hydrogen (secondary N) is 3. The van der Waals surface area contributed by atoms with Crippen LogP contribution in [0.2, 0.25) is 5.02 Å². The fourth-order valence-electron chi connectivity index (χ4n) is 8.10. The van der Waals surface area contributed by atoms with E-state index in [0.717, 1.165) is 102 Å².